The van der Waals surface area contributed by atoms with E-state index in [9.17, 15) is 23.1 Å². The van der Waals surface area contributed by atoms with Crippen LogP contribution in [0.3, 0.4) is 0 Å². The fourth-order valence-corrected chi connectivity index (χ4v) is 3.87. The van der Waals surface area contributed by atoms with Gasteiger partial charge in [-0.05, 0) is 30.7 Å². The quantitative estimate of drug-likeness (QED) is 0.589. The van der Waals surface area contributed by atoms with Crippen LogP contribution in [0.15, 0.2) is 36.7 Å². The van der Waals surface area contributed by atoms with Crippen molar-refractivity contribution in [1.82, 2.24) is 19.9 Å². The van der Waals surface area contributed by atoms with Crippen LogP contribution >= 0.6 is 0 Å². The minimum absolute atomic E-state index is 0.00369. The highest BCUT2D eigenvalue weighted by Gasteiger charge is 2.37. The third kappa shape index (κ3) is 3.76. The predicted octanol–water partition coefficient (Wildman–Crippen LogP) is 2.55. The van der Waals surface area contributed by atoms with Crippen LogP contribution in [-0.2, 0) is 0 Å². The van der Waals surface area contributed by atoms with Crippen LogP contribution in [0, 0.1) is 11.6 Å². The fourth-order valence-electron chi connectivity index (χ4n) is 3.87. The van der Waals surface area contributed by atoms with Crippen LogP contribution in [0.25, 0.3) is 5.65 Å². The van der Waals surface area contributed by atoms with Gasteiger partial charge in [0.05, 0.1) is 30.9 Å². The predicted molar refractivity (Wildman–Crippen MR) is 106 cm³/mol. The number of rotatable bonds is 4. The van der Waals surface area contributed by atoms with Crippen molar-refractivity contribution in [3.05, 3.63) is 53.9 Å². The molecule has 2 aromatic heterocycles. The van der Waals surface area contributed by atoms with Crippen molar-refractivity contribution in [2.45, 2.75) is 37.2 Å². The minimum atomic E-state index is -1.23. The molecule has 0 radical (unpaired) electrons. The molecule has 0 unspecified atom stereocenters. The van der Waals surface area contributed by atoms with E-state index in [4.69, 9.17) is 0 Å². The first-order valence-electron chi connectivity index (χ1n) is 9.84. The lowest BCUT2D eigenvalue weighted by Gasteiger charge is -2.26. The van der Waals surface area contributed by atoms with Crippen molar-refractivity contribution in [3.8, 4) is 0 Å². The Balaban J connectivity index is 1.44. The lowest BCUT2D eigenvalue weighted by molar-refractivity contribution is 0.241. The van der Waals surface area contributed by atoms with Gasteiger partial charge in [0, 0.05) is 18.2 Å². The number of hydrogen-bond acceptors (Lipinski definition) is 5. The van der Waals surface area contributed by atoms with Gasteiger partial charge < -0.3 is 20.6 Å². The van der Waals surface area contributed by atoms with E-state index in [2.05, 4.69) is 20.7 Å². The lowest BCUT2D eigenvalue weighted by atomic mass is 10.0. The number of carbonyl (C=O) groups is 1. The lowest BCUT2D eigenvalue weighted by Crippen LogP contribution is -2.32. The first-order chi connectivity index (χ1) is 14.9. The molecule has 1 saturated carbocycles. The number of aliphatic hydroxyl groups is 1. The number of carbonyl (C=O) groups excluding carboxylic acids is 1. The summed E-state index contributed by atoms with van der Waals surface area (Å²) in [6, 6.07) is 3.22. The third-order valence-electron chi connectivity index (χ3n) is 5.54. The number of fused-ring (bicyclic) bond motifs is 1. The van der Waals surface area contributed by atoms with Gasteiger partial charge >= 0.3 is 6.03 Å². The maximum absolute atomic E-state index is 14.4. The van der Waals surface area contributed by atoms with Crippen LogP contribution in [0.4, 0.5) is 29.5 Å². The molecule has 31 heavy (non-hydrogen) atoms. The molecule has 8 nitrogen and oxygen atoms in total. The van der Waals surface area contributed by atoms with Gasteiger partial charge in [0.1, 0.15) is 29.3 Å². The second kappa shape index (κ2) is 7.41. The SMILES string of the molecule is O=C(Nc1cnn2ccc(N3C[C@H](F)C[C@@H]3c3cc(F)ccc3F)nc12)N[C@@H]1C[C@H]1O. The number of nitrogens with one attached hydrogen (secondary N) is 2. The van der Waals surface area contributed by atoms with Gasteiger partial charge in [0.25, 0.3) is 0 Å². The number of aliphatic hydroxyl groups excluding tert-OH is 1. The molecule has 1 aliphatic carbocycles. The summed E-state index contributed by atoms with van der Waals surface area (Å²) in [7, 11) is 0. The summed E-state index contributed by atoms with van der Waals surface area (Å²) < 4.78 is 43.8. The molecular weight excluding hydrogens is 413 g/mol. The summed E-state index contributed by atoms with van der Waals surface area (Å²) in [5.41, 5.74) is 0.694. The average Bonchev–Trinajstić information content (AvgIpc) is 3.11. The topological polar surface area (TPSA) is 94.8 Å². The van der Waals surface area contributed by atoms with E-state index >= 15 is 0 Å². The van der Waals surface area contributed by atoms with Gasteiger partial charge in [-0.2, -0.15) is 5.10 Å². The largest absolute Gasteiger partial charge is 0.391 e. The molecule has 3 N–H and O–H groups in total. The number of anilines is 2. The highest BCUT2D eigenvalue weighted by atomic mass is 19.1. The number of aromatic nitrogens is 3. The number of alkyl halides is 1. The molecule has 2 amide bonds. The summed E-state index contributed by atoms with van der Waals surface area (Å²) in [4.78, 5) is 18.2. The molecule has 1 aromatic carbocycles. The number of halogens is 3. The van der Waals surface area contributed by atoms with E-state index in [0.717, 1.165) is 18.2 Å². The summed E-state index contributed by atoms with van der Waals surface area (Å²) in [6.07, 6.45) is 1.75. The monoisotopic (exact) mass is 432 g/mol. The summed E-state index contributed by atoms with van der Waals surface area (Å²) >= 11 is 0. The number of benzene rings is 1. The zero-order valence-corrected chi connectivity index (χ0v) is 16.2. The van der Waals surface area contributed by atoms with E-state index < -0.39 is 36.0 Å². The number of urea groups is 1. The highest BCUT2D eigenvalue weighted by Crippen LogP contribution is 2.38. The Kier molecular flexibility index (Phi) is 4.69. The van der Waals surface area contributed by atoms with Gasteiger partial charge in [-0.1, -0.05) is 0 Å². The van der Waals surface area contributed by atoms with Gasteiger partial charge in [0.2, 0.25) is 0 Å². The standard InChI is InChI=1S/C20H19F3N6O2/c21-10-1-2-13(23)12(5-10)16-6-11(22)9-28(16)18-3-4-29-19(27-18)15(8-24-29)26-20(31)25-14-7-17(14)30/h1-5,8,11,14,16-17,30H,6-7,9H2,(H2,25,26,31)/t11-,14-,16-,17-/m1/s1. The minimum Gasteiger partial charge on any atom is -0.391 e. The van der Waals surface area contributed by atoms with Crippen molar-refractivity contribution in [3.63, 3.8) is 0 Å². The van der Waals surface area contributed by atoms with E-state index in [-0.39, 0.29) is 24.6 Å². The first-order valence-corrected chi connectivity index (χ1v) is 9.84. The fraction of sp³-hybridized carbons (Fsp3) is 0.350. The Morgan fingerprint density at radius 1 is 1.23 bits per heavy atom. The third-order valence-corrected chi connectivity index (χ3v) is 5.54. The summed E-state index contributed by atoms with van der Waals surface area (Å²) in [5.74, 6) is -0.865. The molecular formula is C20H19F3N6O2. The number of nitrogens with zero attached hydrogens (tertiary/aromatic N) is 4. The molecule has 4 atom stereocenters. The molecule has 1 aliphatic heterocycles. The molecule has 0 bridgehead atoms. The summed E-state index contributed by atoms with van der Waals surface area (Å²) in [5, 5.41) is 18.7. The Morgan fingerprint density at radius 3 is 2.81 bits per heavy atom. The maximum Gasteiger partial charge on any atom is 0.319 e. The second-order valence-corrected chi connectivity index (χ2v) is 7.79. The van der Waals surface area contributed by atoms with Crippen LogP contribution in [-0.4, -0.2) is 50.6 Å². The molecule has 5 rings (SSSR count). The van der Waals surface area contributed by atoms with E-state index in [1.807, 2.05) is 0 Å². The Labute approximate surface area is 174 Å². The van der Waals surface area contributed by atoms with Gasteiger partial charge in [-0.15, -0.1) is 0 Å². The Morgan fingerprint density at radius 2 is 2.03 bits per heavy atom. The van der Waals surface area contributed by atoms with Gasteiger partial charge in [-0.25, -0.2) is 27.5 Å². The molecule has 162 valence electrons. The summed E-state index contributed by atoms with van der Waals surface area (Å²) in [6.45, 7) is -0.0270. The van der Waals surface area contributed by atoms with Crippen molar-refractivity contribution in [2.75, 3.05) is 16.8 Å². The van der Waals surface area contributed by atoms with Crippen molar-refractivity contribution >= 4 is 23.2 Å². The molecule has 1 saturated heterocycles. The van der Waals surface area contributed by atoms with Crippen LogP contribution in [0.1, 0.15) is 24.4 Å². The highest BCUT2D eigenvalue weighted by molar-refractivity contribution is 5.93. The molecule has 2 aliphatic rings. The number of amides is 2. The molecule has 0 spiro atoms. The van der Waals surface area contributed by atoms with Crippen molar-refractivity contribution in [2.24, 2.45) is 0 Å². The maximum atomic E-state index is 14.4. The van der Waals surface area contributed by atoms with Crippen LogP contribution in [0.2, 0.25) is 0 Å². The Hall–Kier alpha value is -3.34. The van der Waals surface area contributed by atoms with Crippen LogP contribution in [0.5, 0.6) is 0 Å². The smallest absolute Gasteiger partial charge is 0.319 e. The van der Waals surface area contributed by atoms with E-state index in [0.29, 0.717) is 23.6 Å². The Bertz CT molecular complexity index is 1160. The van der Waals surface area contributed by atoms with Gasteiger partial charge in [-0.3, -0.25) is 0 Å². The number of hydrogen-bond donors (Lipinski definition) is 3. The second-order valence-electron chi connectivity index (χ2n) is 7.79. The molecule has 3 aromatic rings. The van der Waals surface area contributed by atoms with E-state index in [1.54, 1.807) is 17.2 Å². The molecule has 3 heterocycles. The van der Waals surface area contributed by atoms with Gasteiger partial charge in [0.15, 0.2) is 5.65 Å². The first kappa shape index (κ1) is 19.6. The zero-order valence-electron chi connectivity index (χ0n) is 16.2. The average molecular weight is 432 g/mol. The van der Waals surface area contributed by atoms with Crippen molar-refractivity contribution < 1.29 is 23.1 Å². The zero-order chi connectivity index (χ0) is 21.7. The van der Waals surface area contributed by atoms with E-state index in [1.165, 1.54) is 10.7 Å². The van der Waals surface area contributed by atoms with Crippen LogP contribution < -0.4 is 15.5 Å². The molecule has 11 heteroatoms. The van der Waals surface area contributed by atoms with Crippen molar-refractivity contribution in [1.29, 1.82) is 0 Å². The molecule has 2 fully saturated rings. The normalized spacial score (nSPS) is 25.1.